The number of nitrogens with zero attached hydrogens (tertiary/aromatic N) is 2. The zero-order valence-corrected chi connectivity index (χ0v) is 18.5. The van der Waals surface area contributed by atoms with Crippen LogP contribution in [0.5, 0.6) is 0 Å². The third-order valence-electron chi connectivity index (χ3n) is 5.47. The molecule has 0 aliphatic carbocycles. The summed E-state index contributed by atoms with van der Waals surface area (Å²) in [6.45, 7) is 1.67. The monoisotopic (exact) mass is 436 g/mol. The minimum absolute atomic E-state index is 0.0903. The Labute approximate surface area is 188 Å². The predicted molar refractivity (Wildman–Crippen MR) is 125 cm³/mol. The smallest absolute Gasteiger partial charge is 0.251 e. The molecule has 1 aliphatic heterocycles. The second-order valence-electron chi connectivity index (χ2n) is 7.60. The number of rotatable bonds is 8. The highest BCUT2D eigenvalue weighted by Crippen LogP contribution is 2.20. The summed E-state index contributed by atoms with van der Waals surface area (Å²) in [5.74, 6) is 0.456. The van der Waals surface area contributed by atoms with Gasteiger partial charge in [0.1, 0.15) is 6.04 Å². The summed E-state index contributed by atoms with van der Waals surface area (Å²) in [6.07, 6.45) is 4.27. The first-order valence-electron chi connectivity index (χ1n) is 10.5. The number of nitrogens with one attached hydrogen (secondary N) is 2. The van der Waals surface area contributed by atoms with Gasteiger partial charge in [0, 0.05) is 30.4 Å². The van der Waals surface area contributed by atoms with Crippen molar-refractivity contribution in [2.45, 2.75) is 31.3 Å². The van der Waals surface area contributed by atoms with Gasteiger partial charge in [-0.25, -0.2) is 0 Å². The number of thioether (sulfide) groups is 1. The molecule has 1 atom stereocenters. The van der Waals surface area contributed by atoms with Gasteiger partial charge in [0.15, 0.2) is 0 Å². The van der Waals surface area contributed by atoms with E-state index in [2.05, 4.69) is 21.6 Å². The molecule has 1 unspecified atom stereocenters. The van der Waals surface area contributed by atoms with Gasteiger partial charge in [-0.3, -0.25) is 9.59 Å². The maximum absolute atomic E-state index is 12.9. The van der Waals surface area contributed by atoms with Crippen LogP contribution in [-0.4, -0.2) is 49.0 Å². The SMILES string of the molecule is CSCCC(NC(=O)c1ccccc1)C(=O)NC1CCN(c2ccc(C#N)cc2)CC1. The van der Waals surface area contributed by atoms with Crippen molar-refractivity contribution in [3.05, 3.63) is 65.7 Å². The molecule has 2 amide bonds. The predicted octanol–water partition coefficient (Wildman–Crippen LogP) is 3.19. The molecule has 2 aromatic carbocycles. The van der Waals surface area contributed by atoms with E-state index in [1.807, 2.05) is 48.7 Å². The molecule has 0 spiro atoms. The first-order valence-corrected chi connectivity index (χ1v) is 11.9. The van der Waals surface area contributed by atoms with Crippen LogP contribution < -0.4 is 15.5 Å². The summed E-state index contributed by atoms with van der Waals surface area (Å²) in [5, 5.41) is 15.0. The van der Waals surface area contributed by atoms with E-state index in [1.54, 1.807) is 23.9 Å². The van der Waals surface area contributed by atoms with Crippen LogP contribution in [0.25, 0.3) is 0 Å². The fourth-order valence-electron chi connectivity index (χ4n) is 3.67. The lowest BCUT2D eigenvalue weighted by molar-refractivity contribution is -0.123. The lowest BCUT2D eigenvalue weighted by Gasteiger charge is -2.34. The van der Waals surface area contributed by atoms with Gasteiger partial charge in [-0.1, -0.05) is 18.2 Å². The largest absolute Gasteiger partial charge is 0.371 e. The van der Waals surface area contributed by atoms with Crippen molar-refractivity contribution in [1.29, 1.82) is 5.26 Å². The highest BCUT2D eigenvalue weighted by molar-refractivity contribution is 7.98. The van der Waals surface area contributed by atoms with Crippen LogP contribution >= 0.6 is 11.8 Å². The van der Waals surface area contributed by atoms with Gasteiger partial charge >= 0.3 is 0 Å². The second kappa shape index (κ2) is 11.4. The molecule has 2 N–H and O–H groups in total. The zero-order valence-electron chi connectivity index (χ0n) is 17.7. The lowest BCUT2D eigenvalue weighted by atomic mass is 10.0. The lowest BCUT2D eigenvalue weighted by Crippen LogP contribution is -2.52. The van der Waals surface area contributed by atoms with Crippen molar-refractivity contribution in [1.82, 2.24) is 10.6 Å². The number of carbonyl (C=O) groups excluding carboxylic acids is 2. The molecule has 1 fully saturated rings. The molecule has 31 heavy (non-hydrogen) atoms. The number of piperidine rings is 1. The zero-order chi connectivity index (χ0) is 22.1. The molecule has 6 nitrogen and oxygen atoms in total. The molecule has 1 aliphatic rings. The Balaban J connectivity index is 1.54. The molecule has 0 aromatic heterocycles. The van der Waals surface area contributed by atoms with Gasteiger partial charge in [0.25, 0.3) is 5.91 Å². The van der Waals surface area contributed by atoms with Gasteiger partial charge in [0.05, 0.1) is 11.6 Å². The van der Waals surface area contributed by atoms with Crippen LogP contribution in [0, 0.1) is 11.3 Å². The Kier molecular flexibility index (Phi) is 8.36. The molecule has 7 heteroatoms. The van der Waals surface area contributed by atoms with E-state index in [9.17, 15) is 9.59 Å². The molecule has 2 aromatic rings. The minimum atomic E-state index is -0.545. The van der Waals surface area contributed by atoms with Gasteiger partial charge in [-0.2, -0.15) is 17.0 Å². The average molecular weight is 437 g/mol. The average Bonchev–Trinajstić information content (AvgIpc) is 2.82. The van der Waals surface area contributed by atoms with Crippen molar-refractivity contribution < 1.29 is 9.59 Å². The molecule has 0 bridgehead atoms. The van der Waals surface area contributed by atoms with E-state index in [-0.39, 0.29) is 17.9 Å². The number of amides is 2. The van der Waals surface area contributed by atoms with E-state index in [1.165, 1.54) is 0 Å². The third kappa shape index (κ3) is 6.50. The number of carbonyl (C=O) groups is 2. The van der Waals surface area contributed by atoms with E-state index in [4.69, 9.17) is 5.26 Å². The Morgan fingerprint density at radius 3 is 2.42 bits per heavy atom. The maximum Gasteiger partial charge on any atom is 0.251 e. The quantitative estimate of drug-likeness (QED) is 0.664. The Morgan fingerprint density at radius 2 is 1.81 bits per heavy atom. The van der Waals surface area contributed by atoms with E-state index in [0.717, 1.165) is 37.4 Å². The Morgan fingerprint density at radius 1 is 1.13 bits per heavy atom. The summed E-state index contributed by atoms with van der Waals surface area (Å²) in [4.78, 5) is 27.7. The van der Waals surface area contributed by atoms with Crippen LogP contribution in [0.3, 0.4) is 0 Å². The van der Waals surface area contributed by atoms with Gasteiger partial charge in [0.2, 0.25) is 5.91 Å². The van der Waals surface area contributed by atoms with Crippen LogP contribution in [-0.2, 0) is 4.79 Å². The number of nitriles is 1. The summed E-state index contributed by atoms with van der Waals surface area (Å²) in [5.41, 5.74) is 2.30. The molecule has 0 radical (unpaired) electrons. The standard InChI is InChI=1S/C24H28N4O2S/c1-31-16-13-22(27-23(29)19-5-3-2-4-6-19)24(30)26-20-11-14-28(15-12-20)21-9-7-18(17-25)8-10-21/h2-10,20,22H,11-16H2,1H3,(H,26,30)(H,27,29). The maximum atomic E-state index is 12.9. The third-order valence-corrected chi connectivity index (χ3v) is 6.12. The number of hydrogen-bond acceptors (Lipinski definition) is 5. The number of benzene rings is 2. The highest BCUT2D eigenvalue weighted by Gasteiger charge is 2.26. The number of hydrogen-bond donors (Lipinski definition) is 2. The van der Waals surface area contributed by atoms with Crippen molar-refractivity contribution in [3.8, 4) is 6.07 Å². The van der Waals surface area contributed by atoms with Crippen molar-refractivity contribution in [2.24, 2.45) is 0 Å². The van der Waals surface area contributed by atoms with E-state index >= 15 is 0 Å². The van der Waals surface area contributed by atoms with Crippen molar-refractivity contribution in [2.75, 3.05) is 30.0 Å². The highest BCUT2D eigenvalue weighted by atomic mass is 32.2. The van der Waals surface area contributed by atoms with E-state index in [0.29, 0.717) is 17.5 Å². The summed E-state index contributed by atoms with van der Waals surface area (Å²) in [6, 6.07) is 18.3. The van der Waals surface area contributed by atoms with Crippen LogP contribution in [0.2, 0.25) is 0 Å². The molecule has 0 saturated carbocycles. The summed E-state index contributed by atoms with van der Waals surface area (Å²) >= 11 is 1.66. The van der Waals surface area contributed by atoms with Crippen LogP contribution in [0.15, 0.2) is 54.6 Å². The van der Waals surface area contributed by atoms with E-state index < -0.39 is 6.04 Å². The summed E-state index contributed by atoms with van der Waals surface area (Å²) in [7, 11) is 0. The van der Waals surface area contributed by atoms with Gasteiger partial charge in [-0.15, -0.1) is 0 Å². The Hall–Kier alpha value is -2.98. The van der Waals surface area contributed by atoms with Gasteiger partial charge < -0.3 is 15.5 Å². The van der Waals surface area contributed by atoms with Crippen molar-refractivity contribution >= 4 is 29.3 Å². The first kappa shape index (κ1) is 22.7. The molecule has 162 valence electrons. The summed E-state index contributed by atoms with van der Waals surface area (Å²) < 4.78 is 0. The fourth-order valence-corrected chi connectivity index (χ4v) is 4.14. The van der Waals surface area contributed by atoms with Crippen LogP contribution in [0.1, 0.15) is 35.2 Å². The second-order valence-corrected chi connectivity index (χ2v) is 8.59. The normalized spacial score (nSPS) is 15.0. The van der Waals surface area contributed by atoms with Gasteiger partial charge in [-0.05, 0) is 67.7 Å². The molecule has 1 heterocycles. The topological polar surface area (TPSA) is 85.2 Å². The fraction of sp³-hybridized carbons (Fsp3) is 0.375. The molecular weight excluding hydrogens is 408 g/mol. The van der Waals surface area contributed by atoms with Crippen molar-refractivity contribution in [3.63, 3.8) is 0 Å². The minimum Gasteiger partial charge on any atom is -0.371 e. The Bertz CT molecular complexity index is 903. The molecular formula is C24H28N4O2S. The number of anilines is 1. The first-order chi connectivity index (χ1) is 15.1. The molecule has 1 saturated heterocycles. The van der Waals surface area contributed by atoms with Crippen LogP contribution in [0.4, 0.5) is 5.69 Å². The molecule has 3 rings (SSSR count).